The normalized spacial score (nSPS) is 14.7. The van der Waals surface area contributed by atoms with Crippen molar-refractivity contribution in [3.63, 3.8) is 0 Å². The fourth-order valence-corrected chi connectivity index (χ4v) is 6.51. The van der Waals surface area contributed by atoms with Crippen LogP contribution < -0.4 is 4.72 Å². The summed E-state index contributed by atoms with van der Waals surface area (Å²) in [4.78, 5) is 0.663. The van der Waals surface area contributed by atoms with Crippen LogP contribution in [0.15, 0.2) is 59.5 Å². The summed E-state index contributed by atoms with van der Waals surface area (Å²) in [6, 6.07) is 17.0. The van der Waals surface area contributed by atoms with Crippen molar-refractivity contribution in [1.29, 1.82) is 0 Å². The molecule has 7 heteroatoms. The van der Waals surface area contributed by atoms with Gasteiger partial charge in [-0.15, -0.1) is 0 Å². The van der Waals surface area contributed by atoms with Crippen molar-refractivity contribution in [2.45, 2.75) is 17.6 Å². The van der Waals surface area contributed by atoms with Gasteiger partial charge in [-0.3, -0.25) is 4.57 Å². The topological polar surface area (TPSA) is 52.7 Å². The molecule has 0 aliphatic carbocycles. The van der Waals surface area contributed by atoms with Crippen LogP contribution in [-0.2, 0) is 15.6 Å². The van der Waals surface area contributed by atoms with Crippen LogP contribution in [0.3, 0.4) is 0 Å². The van der Waals surface area contributed by atoms with E-state index in [1.807, 2.05) is 61.5 Å². The summed E-state index contributed by atoms with van der Waals surface area (Å²) in [5.41, 5.74) is 1.95. The van der Waals surface area contributed by atoms with Gasteiger partial charge in [0.15, 0.2) is 0 Å². The zero-order valence-electron chi connectivity index (χ0n) is 15.3. The Balaban J connectivity index is 2.44. The van der Waals surface area contributed by atoms with Crippen LogP contribution in [0, 0.1) is 6.92 Å². The van der Waals surface area contributed by atoms with Crippen LogP contribution in [0.4, 0.5) is 0 Å². The molecule has 25 heavy (non-hydrogen) atoms. The van der Waals surface area contributed by atoms with E-state index in [0.29, 0.717) is 4.90 Å². The molecule has 0 spiro atoms. The van der Waals surface area contributed by atoms with Gasteiger partial charge in [-0.05, 0) is 52.8 Å². The molecule has 0 heterocycles. The lowest BCUT2D eigenvalue weighted by Gasteiger charge is -2.37. The molecule has 2 aromatic rings. The van der Waals surface area contributed by atoms with Crippen molar-refractivity contribution in [3.8, 4) is 0 Å². The Morgan fingerprint density at radius 3 is 1.92 bits per heavy atom. The van der Waals surface area contributed by atoms with E-state index < -0.39 is 24.2 Å². The third-order valence-corrected chi connectivity index (χ3v) is 8.77. The lowest BCUT2D eigenvalue weighted by atomic mass is 10.2. The molecule has 2 aromatic carbocycles. The van der Waals surface area contributed by atoms with E-state index in [0.717, 1.165) is 11.1 Å². The van der Waals surface area contributed by atoms with Crippen LogP contribution in [-0.4, -0.2) is 41.7 Å². The highest BCUT2D eigenvalue weighted by Gasteiger charge is 2.40. The zero-order chi connectivity index (χ0) is 18.6. The smallest absolute Gasteiger partial charge is 0.237 e. The fraction of sp³-hybridized carbons (Fsp3) is 0.333. The zero-order valence-corrected chi connectivity index (χ0v) is 17.1. The molecular formula is C18H26N3O2PS. The highest BCUT2D eigenvalue weighted by Crippen LogP contribution is 2.60. The second kappa shape index (κ2) is 8.39. The monoisotopic (exact) mass is 379 g/mol. The molecule has 0 radical (unpaired) electrons. The van der Waals surface area contributed by atoms with Gasteiger partial charge in [-0.25, -0.2) is 18.3 Å². The first kappa shape index (κ1) is 20.0. The fourth-order valence-electron chi connectivity index (χ4n) is 2.62. The van der Waals surface area contributed by atoms with Crippen molar-refractivity contribution in [1.82, 2.24) is 14.1 Å². The summed E-state index contributed by atoms with van der Waals surface area (Å²) >= 11 is 0. The van der Waals surface area contributed by atoms with Crippen LogP contribution >= 0.6 is 7.44 Å². The van der Waals surface area contributed by atoms with Crippen molar-refractivity contribution < 1.29 is 8.77 Å². The van der Waals surface area contributed by atoms with Crippen LogP contribution in [0.25, 0.3) is 0 Å². The summed E-state index contributed by atoms with van der Waals surface area (Å²) in [6.45, 7) is 1.99. The second-order valence-corrected chi connectivity index (χ2v) is 10.8. The Labute approximate surface area is 153 Å². The minimum absolute atomic E-state index is 0.583. The number of nitrogens with zero attached hydrogens (tertiary/aromatic N) is 2. The average Bonchev–Trinajstić information content (AvgIpc) is 2.59. The molecule has 0 fully saturated rings. The molecule has 0 aliphatic heterocycles. The molecule has 136 valence electrons. The number of aryl methyl sites for hydroxylation is 1. The summed E-state index contributed by atoms with van der Waals surface area (Å²) in [7, 11) is 2.65. The summed E-state index contributed by atoms with van der Waals surface area (Å²) < 4.78 is 33.2. The first-order chi connectivity index (χ1) is 11.8. The maximum atomic E-state index is 13.8. The van der Waals surface area contributed by atoms with Gasteiger partial charge in [0.2, 0.25) is 7.44 Å². The molecule has 1 N–H and O–H groups in total. The predicted octanol–water partition coefficient (Wildman–Crippen LogP) is 3.62. The lowest BCUT2D eigenvalue weighted by molar-refractivity contribution is 0.430. The molecule has 0 bridgehead atoms. The number of benzene rings is 2. The van der Waals surface area contributed by atoms with E-state index in [1.54, 1.807) is 37.5 Å². The molecule has 2 rings (SSSR count). The lowest BCUT2D eigenvalue weighted by Crippen LogP contribution is -2.33. The summed E-state index contributed by atoms with van der Waals surface area (Å²) in [5.74, 6) is -0.583. The van der Waals surface area contributed by atoms with Gasteiger partial charge < -0.3 is 0 Å². The Morgan fingerprint density at radius 1 is 0.920 bits per heavy atom. The summed E-state index contributed by atoms with van der Waals surface area (Å²) in [5, 5.41) is 0. The number of rotatable bonds is 7. The largest absolute Gasteiger partial charge is 0.287 e. The van der Waals surface area contributed by atoms with E-state index in [2.05, 4.69) is 4.72 Å². The number of hydrogen-bond acceptors (Lipinski definition) is 2. The van der Waals surface area contributed by atoms with E-state index in [1.165, 1.54) is 0 Å². The molecule has 0 aromatic heterocycles. The molecule has 0 aliphatic rings. The average molecular weight is 379 g/mol. The maximum absolute atomic E-state index is 13.8. The minimum atomic E-state index is -3.02. The predicted molar refractivity (Wildman–Crippen MR) is 105 cm³/mol. The Kier molecular flexibility index (Phi) is 6.72. The first-order valence-corrected chi connectivity index (χ1v) is 10.8. The first-order valence-electron chi connectivity index (χ1n) is 8.01. The van der Waals surface area contributed by atoms with E-state index >= 15 is 0 Å². The van der Waals surface area contributed by atoms with Crippen LogP contribution in [0.1, 0.15) is 16.9 Å². The molecular weight excluding hydrogens is 353 g/mol. The third kappa shape index (κ3) is 4.46. The molecule has 0 saturated carbocycles. The maximum Gasteiger partial charge on any atom is 0.237 e. The minimum Gasteiger partial charge on any atom is -0.287 e. The number of nitrogens with one attached hydrogen (secondary N) is 1. The third-order valence-electron chi connectivity index (χ3n) is 4.05. The van der Waals surface area contributed by atoms with Crippen molar-refractivity contribution in [3.05, 3.63) is 65.7 Å². The van der Waals surface area contributed by atoms with Crippen LogP contribution in [0.2, 0.25) is 0 Å². The highest BCUT2D eigenvalue weighted by atomic mass is 32.2. The van der Waals surface area contributed by atoms with Gasteiger partial charge in [-0.2, -0.15) is 0 Å². The Morgan fingerprint density at radius 2 is 1.44 bits per heavy atom. The molecule has 2 atom stereocenters. The van der Waals surface area contributed by atoms with Crippen molar-refractivity contribution in [2.24, 2.45) is 0 Å². The summed E-state index contributed by atoms with van der Waals surface area (Å²) in [6.07, 6.45) is 0. The second-order valence-electron chi connectivity index (χ2n) is 6.30. The highest BCUT2D eigenvalue weighted by molar-refractivity contribution is 7.83. The quantitative estimate of drug-likeness (QED) is 0.747. The van der Waals surface area contributed by atoms with Gasteiger partial charge in [-0.1, -0.05) is 48.0 Å². The van der Waals surface area contributed by atoms with Gasteiger partial charge in [0, 0.05) is 0 Å². The standard InChI is InChI=1S/C18H26N3O2PS/c1-15-11-13-17(14-12-15)25(23)19-18(16-9-7-6-8-10-16)24(22,20(2)3)21(4)5/h6-14,18-19H,1-5H3. The molecule has 0 saturated heterocycles. The molecule has 0 amide bonds. The van der Waals surface area contributed by atoms with Gasteiger partial charge in [0.05, 0.1) is 4.90 Å². The molecule has 2 unspecified atom stereocenters. The molecule has 5 nitrogen and oxygen atoms in total. The number of hydrogen-bond donors (Lipinski definition) is 1. The Hall–Kier alpha value is -1.30. The van der Waals surface area contributed by atoms with Gasteiger partial charge >= 0.3 is 0 Å². The van der Waals surface area contributed by atoms with Crippen molar-refractivity contribution in [2.75, 3.05) is 28.2 Å². The van der Waals surface area contributed by atoms with Gasteiger partial charge in [0.25, 0.3) is 0 Å². The van der Waals surface area contributed by atoms with E-state index in [4.69, 9.17) is 0 Å². The van der Waals surface area contributed by atoms with E-state index in [-0.39, 0.29) is 0 Å². The van der Waals surface area contributed by atoms with Crippen molar-refractivity contribution >= 4 is 18.4 Å². The Bertz CT molecular complexity index is 752. The SMILES string of the molecule is Cc1ccc(S(=O)NC(c2ccccc2)P(=O)(N(C)C)N(C)C)cc1. The van der Waals surface area contributed by atoms with Crippen LogP contribution in [0.5, 0.6) is 0 Å². The van der Waals surface area contributed by atoms with Gasteiger partial charge in [0.1, 0.15) is 16.8 Å². The van der Waals surface area contributed by atoms with E-state index in [9.17, 15) is 8.77 Å².